The monoisotopic (exact) mass is 372 g/mol. The first-order valence-electron chi connectivity index (χ1n) is 8.92. The predicted octanol–water partition coefficient (Wildman–Crippen LogP) is 2.63. The molecule has 138 valence electrons. The van der Waals surface area contributed by atoms with Crippen molar-refractivity contribution in [3.05, 3.63) is 42.2 Å². The van der Waals surface area contributed by atoms with Crippen LogP contribution in [0.2, 0.25) is 0 Å². The lowest BCUT2D eigenvalue weighted by atomic mass is 10.1. The average Bonchev–Trinajstić information content (AvgIpc) is 3.36. The average molecular weight is 372 g/mol. The quantitative estimate of drug-likeness (QED) is 0.579. The van der Waals surface area contributed by atoms with E-state index in [0.717, 1.165) is 36.5 Å². The van der Waals surface area contributed by atoms with Gasteiger partial charge >= 0.3 is 0 Å². The number of thioether (sulfide) groups is 1. The second-order valence-electron chi connectivity index (χ2n) is 6.36. The van der Waals surface area contributed by atoms with Gasteiger partial charge in [-0.05, 0) is 37.3 Å². The molecular weight excluding hydrogens is 348 g/mol. The third kappa shape index (κ3) is 4.46. The van der Waals surface area contributed by atoms with E-state index in [-0.39, 0.29) is 17.7 Å². The Hall–Kier alpha value is -2.28. The van der Waals surface area contributed by atoms with Gasteiger partial charge in [0.2, 0.25) is 5.91 Å². The van der Waals surface area contributed by atoms with Gasteiger partial charge in [0.15, 0.2) is 5.16 Å². The van der Waals surface area contributed by atoms with Crippen LogP contribution in [0.25, 0.3) is 5.69 Å². The zero-order chi connectivity index (χ0) is 18.4. The number of nitrogens with one attached hydrogen (secondary N) is 2. The highest BCUT2D eigenvalue weighted by Crippen LogP contribution is 2.24. The Morgan fingerprint density at radius 3 is 2.77 bits per heavy atom. The molecule has 1 aromatic heterocycles. The molecule has 0 unspecified atom stereocenters. The van der Waals surface area contributed by atoms with E-state index in [1.807, 2.05) is 35.2 Å². The van der Waals surface area contributed by atoms with Gasteiger partial charge in [0.05, 0.1) is 0 Å². The van der Waals surface area contributed by atoms with Crippen molar-refractivity contribution in [3.8, 4) is 5.69 Å². The first kappa shape index (κ1) is 18.5. The van der Waals surface area contributed by atoms with Crippen LogP contribution in [-0.4, -0.2) is 40.7 Å². The Bertz CT molecular complexity index is 768. The van der Waals surface area contributed by atoms with Gasteiger partial charge in [0.25, 0.3) is 5.91 Å². The van der Waals surface area contributed by atoms with E-state index in [1.165, 1.54) is 0 Å². The smallest absolute Gasteiger partial charge is 0.251 e. The molecule has 2 N–H and O–H groups in total. The third-order valence-corrected chi connectivity index (χ3v) is 5.28. The topological polar surface area (TPSA) is 76.0 Å². The summed E-state index contributed by atoms with van der Waals surface area (Å²) in [6, 6.07) is 7.43. The summed E-state index contributed by atoms with van der Waals surface area (Å²) < 4.78 is 1.95. The van der Waals surface area contributed by atoms with E-state index < -0.39 is 0 Å². The van der Waals surface area contributed by atoms with E-state index in [0.29, 0.717) is 18.7 Å². The van der Waals surface area contributed by atoms with Crippen molar-refractivity contribution < 1.29 is 9.59 Å². The molecule has 1 aliphatic rings. The molecule has 0 radical (unpaired) electrons. The Morgan fingerprint density at radius 1 is 1.23 bits per heavy atom. The molecule has 6 nitrogen and oxygen atoms in total. The van der Waals surface area contributed by atoms with Crippen LogP contribution < -0.4 is 10.6 Å². The molecule has 1 aromatic carbocycles. The summed E-state index contributed by atoms with van der Waals surface area (Å²) in [5.74, 6) is 0.124. The van der Waals surface area contributed by atoms with E-state index in [1.54, 1.807) is 24.0 Å². The third-order valence-electron chi connectivity index (χ3n) is 4.61. The Kier molecular flexibility index (Phi) is 6.33. The summed E-state index contributed by atoms with van der Waals surface area (Å²) in [5, 5.41) is 6.65. The van der Waals surface area contributed by atoms with Crippen LogP contribution in [0, 0.1) is 5.92 Å². The lowest BCUT2D eigenvalue weighted by Crippen LogP contribution is -2.37. The molecule has 0 aliphatic heterocycles. The Balaban J connectivity index is 1.52. The fourth-order valence-electron chi connectivity index (χ4n) is 3.23. The summed E-state index contributed by atoms with van der Waals surface area (Å²) in [4.78, 5) is 28.6. The molecule has 2 amide bonds. The number of aromatic nitrogens is 2. The minimum atomic E-state index is -0.146. The molecule has 26 heavy (non-hydrogen) atoms. The highest BCUT2D eigenvalue weighted by Gasteiger charge is 2.21. The molecule has 1 heterocycles. The second kappa shape index (κ2) is 8.89. The van der Waals surface area contributed by atoms with Crippen molar-refractivity contribution >= 4 is 23.6 Å². The minimum absolute atomic E-state index is 0.114. The van der Waals surface area contributed by atoms with Gasteiger partial charge < -0.3 is 10.6 Å². The number of carbonyl (C=O) groups is 2. The first-order valence-corrected chi connectivity index (χ1v) is 10.1. The molecule has 3 rings (SSSR count). The Labute approximate surface area is 157 Å². The number of nitrogens with zero attached hydrogens (tertiary/aromatic N) is 2. The summed E-state index contributed by atoms with van der Waals surface area (Å²) in [6.45, 7) is 0.877. The molecule has 7 heteroatoms. The largest absolute Gasteiger partial charge is 0.354 e. The number of imidazole rings is 1. The van der Waals surface area contributed by atoms with Crippen LogP contribution in [0.5, 0.6) is 0 Å². The SMILES string of the molecule is CSc1nccn1-c1cccc(C(=O)NCCNC(=O)C2CCCC2)c1. The van der Waals surface area contributed by atoms with Crippen molar-refractivity contribution in [2.75, 3.05) is 19.3 Å². The zero-order valence-corrected chi connectivity index (χ0v) is 15.7. The van der Waals surface area contributed by atoms with Crippen molar-refractivity contribution in [1.82, 2.24) is 20.2 Å². The lowest BCUT2D eigenvalue weighted by Gasteiger charge is -2.11. The fraction of sp³-hybridized carbons (Fsp3) is 0.421. The molecule has 1 saturated carbocycles. The second-order valence-corrected chi connectivity index (χ2v) is 7.14. The summed E-state index contributed by atoms with van der Waals surface area (Å²) in [6.07, 6.45) is 9.83. The number of benzene rings is 1. The van der Waals surface area contributed by atoms with Crippen LogP contribution in [-0.2, 0) is 4.79 Å². The van der Waals surface area contributed by atoms with E-state index in [9.17, 15) is 9.59 Å². The maximum atomic E-state index is 12.4. The van der Waals surface area contributed by atoms with E-state index >= 15 is 0 Å². The Morgan fingerprint density at radius 2 is 2.00 bits per heavy atom. The van der Waals surface area contributed by atoms with Crippen LogP contribution in [0.3, 0.4) is 0 Å². The molecule has 0 saturated heterocycles. The van der Waals surface area contributed by atoms with Crippen LogP contribution >= 0.6 is 11.8 Å². The molecule has 0 atom stereocenters. The van der Waals surface area contributed by atoms with Crippen molar-refractivity contribution in [1.29, 1.82) is 0 Å². The van der Waals surface area contributed by atoms with Crippen LogP contribution in [0.15, 0.2) is 41.8 Å². The predicted molar refractivity (Wildman–Crippen MR) is 103 cm³/mol. The lowest BCUT2D eigenvalue weighted by molar-refractivity contribution is -0.124. The van der Waals surface area contributed by atoms with Gasteiger partial charge in [-0.2, -0.15) is 0 Å². The van der Waals surface area contributed by atoms with Crippen molar-refractivity contribution in [2.45, 2.75) is 30.8 Å². The molecule has 1 fully saturated rings. The van der Waals surface area contributed by atoms with Crippen LogP contribution in [0.1, 0.15) is 36.0 Å². The summed E-state index contributed by atoms with van der Waals surface area (Å²) in [7, 11) is 0. The zero-order valence-electron chi connectivity index (χ0n) is 14.9. The van der Waals surface area contributed by atoms with Gasteiger partial charge in [0.1, 0.15) is 0 Å². The maximum Gasteiger partial charge on any atom is 0.251 e. The van der Waals surface area contributed by atoms with Gasteiger partial charge in [-0.1, -0.05) is 30.7 Å². The highest BCUT2D eigenvalue weighted by atomic mass is 32.2. The molecular formula is C19H24N4O2S. The summed E-state index contributed by atoms with van der Waals surface area (Å²) >= 11 is 1.55. The number of rotatable bonds is 7. The number of hydrogen-bond acceptors (Lipinski definition) is 4. The number of carbonyl (C=O) groups excluding carboxylic acids is 2. The van der Waals surface area contributed by atoms with Crippen molar-refractivity contribution in [2.24, 2.45) is 5.92 Å². The van der Waals surface area contributed by atoms with E-state index in [2.05, 4.69) is 15.6 Å². The number of amides is 2. The minimum Gasteiger partial charge on any atom is -0.354 e. The molecule has 0 bridgehead atoms. The maximum absolute atomic E-state index is 12.4. The van der Waals surface area contributed by atoms with Gasteiger partial charge in [-0.3, -0.25) is 14.2 Å². The number of hydrogen-bond donors (Lipinski definition) is 2. The molecule has 2 aromatic rings. The van der Waals surface area contributed by atoms with Gasteiger partial charge in [0, 0.05) is 42.7 Å². The highest BCUT2D eigenvalue weighted by molar-refractivity contribution is 7.98. The van der Waals surface area contributed by atoms with Gasteiger partial charge in [-0.15, -0.1) is 0 Å². The summed E-state index contributed by atoms with van der Waals surface area (Å²) in [5.41, 5.74) is 1.49. The standard InChI is InChI=1S/C19H24N4O2S/c1-26-19-22-11-12-23(19)16-8-4-7-15(13-16)18(25)21-10-9-20-17(24)14-5-2-3-6-14/h4,7-8,11-14H,2-3,5-6,9-10H2,1H3,(H,20,24)(H,21,25). The van der Waals surface area contributed by atoms with E-state index in [4.69, 9.17) is 0 Å². The van der Waals surface area contributed by atoms with Crippen molar-refractivity contribution in [3.63, 3.8) is 0 Å². The first-order chi connectivity index (χ1) is 12.7. The normalized spacial score (nSPS) is 14.3. The molecule has 1 aliphatic carbocycles. The fourth-order valence-corrected chi connectivity index (χ4v) is 3.76. The van der Waals surface area contributed by atoms with Gasteiger partial charge in [-0.25, -0.2) is 4.98 Å². The van der Waals surface area contributed by atoms with Crippen LogP contribution in [0.4, 0.5) is 0 Å². The molecule has 0 spiro atoms.